The zero-order valence-electron chi connectivity index (χ0n) is 6.30. The topological polar surface area (TPSA) is 17.1 Å². The number of aldehydes is 1. The van der Waals surface area contributed by atoms with Crippen LogP contribution in [0.2, 0.25) is 5.02 Å². The largest absolute Gasteiger partial charge is 0.303 e. The van der Waals surface area contributed by atoms with Crippen LogP contribution in [-0.4, -0.2) is 6.29 Å². The van der Waals surface area contributed by atoms with Gasteiger partial charge in [0.2, 0.25) is 0 Å². The molecule has 0 aliphatic carbocycles. The number of halogens is 1. The first-order valence-corrected chi connectivity index (χ1v) is 3.80. The molecule has 0 fully saturated rings. The number of carbonyl (C=O) groups excluding carboxylic acids is 1. The second kappa shape index (κ2) is 3.54. The van der Waals surface area contributed by atoms with Crippen LogP contribution in [0.15, 0.2) is 18.2 Å². The average molecular weight is 169 g/mol. The van der Waals surface area contributed by atoms with Crippen molar-refractivity contribution in [3.05, 3.63) is 34.3 Å². The van der Waals surface area contributed by atoms with Crippen molar-refractivity contribution in [3.8, 4) is 0 Å². The van der Waals surface area contributed by atoms with E-state index in [4.69, 9.17) is 11.6 Å². The second-order valence-electron chi connectivity index (χ2n) is 2.47. The van der Waals surface area contributed by atoms with Gasteiger partial charge in [0.1, 0.15) is 6.29 Å². The molecule has 0 aliphatic rings. The highest BCUT2D eigenvalue weighted by Gasteiger charge is 1.98. The van der Waals surface area contributed by atoms with E-state index in [1.165, 1.54) is 0 Å². The van der Waals surface area contributed by atoms with Gasteiger partial charge in [-0.15, -0.1) is 0 Å². The summed E-state index contributed by atoms with van der Waals surface area (Å²) in [5, 5.41) is 0.669. The van der Waals surface area contributed by atoms with Crippen molar-refractivity contribution in [1.82, 2.24) is 0 Å². The predicted octanol–water partition coefficient (Wildman–Crippen LogP) is 2.39. The zero-order chi connectivity index (χ0) is 8.27. The number of rotatable bonds is 2. The summed E-state index contributed by atoms with van der Waals surface area (Å²) in [6.45, 7) is 1.98. The maximum absolute atomic E-state index is 10.2. The van der Waals surface area contributed by atoms with E-state index in [2.05, 4.69) is 0 Å². The van der Waals surface area contributed by atoms with Gasteiger partial charge in [0.25, 0.3) is 0 Å². The van der Waals surface area contributed by atoms with Crippen LogP contribution in [0.4, 0.5) is 0 Å². The van der Waals surface area contributed by atoms with Gasteiger partial charge in [0, 0.05) is 11.4 Å². The summed E-state index contributed by atoms with van der Waals surface area (Å²) < 4.78 is 0. The lowest BCUT2D eigenvalue weighted by molar-refractivity contribution is -0.107. The van der Waals surface area contributed by atoms with E-state index in [0.717, 1.165) is 17.4 Å². The minimum atomic E-state index is 0.403. The highest BCUT2D eigenvalue weighted by atomic mass is 35.5. The third kappa shape index (κ3) is 2.05. The summed E-state index contributed by atoms with van der Waals surface area (Å²) in [5.41, 5.74) is 2.04. The highest BCUT2D eigenvalue weighted by molar-refractivity contribution is 6.31. The molecule has 0 bridgehead atoms. The van der Waals surface area contributed by atoms with E-state index in [9.17, 15) is 4.79 Å². The molecule has 1 aromatic rings. The smallest absolute Gasteiger partial charge is 0.124 e. The van der Waals surface area contributed by atoms with Crippen LogP contribution in [0.25, 0.3) is 0 Å². The SMILES string of the molecule is Cc1ccc(Cl)c(CC=O)c1. The molecular weight excluding hydrogens is 160 g/mol. The first kappa shape index (κ1) is 8.28. The molecule has 1 nitrogen and oxygen atoms in total. The van der Waals surface area contributed by atoms with Gasteiger partial charge in [0.05, 0.1) is 0 Å². The Morgan fingerprint density at radius 3 is 2.91 bits per heavy atom. The quantitative estimate of drug-likeness (QED) is 0.620. The fourth-order valence-corrected chi connectivity index (χ4v) is 1.14. The molecule has 0 unspecified atom stereocenters. The van der Waals surface area contributed by atoms with E-state index >= 15 is 0 Å². The van der Waals surface area contributed by atoms with Crippen molar-refractivity contribution in [2.75, 3.05) is 0 Å². The summed E-state index contributed by atoms with van der Waals surface area (Å²) >= 11 is 5.82. The van der Waals surface area contributed by atoms with Crippen LogP contribution in [0.1, 0.15) is 11.1 Å². The number of hydrogen-bond acceptors (Lipinski definition) is 1. The number of benzene rings is 1. The second-order valence-corrected chi connectivity index (χ2v) is 2.87. The number of carbonyl (C=O) groups is 1. The van der Waals surface area contributed by atoms with Crippen molar-refractivity contribution in [1.29, 1.82) is 0 Å². The Morgan fingerprint density at radius 1 is 1.55 bits per heavy atom. The van der Waals surface area contributed by atoms with Gasteiger partial charge in [-0.05, 0) is 18.6 Å². The van der Waals surface area contributed by atoms with E-state index < -0.39 is 0 Å². The molecule has 0 N–H and O–H groups in total. The normalized spacial score (nSPS) is 9.64. The van der Waals surface area contributed by atoms with E-state index in [1.807, 2.05) is 25.1 Å². The molecule has 58 valence electrons. The Bertz CT molecular complexity index is 268. The van der Waals surface area contributed by atoms with E-state index in [0.29, 0.717) is 11.4 Å². The Kier molecular flexibility index (Phi) is 2.66. The van der Waals surface area contributed by atoms with Crippen molar-refractivity contribution < 1.29 is 4.79 Å². The fraction of sp³-hybridized carbons (Fsp3) is 0.222. The molecule has 11 heavy (non-hydrogen) atoms. The molecule has 0 saturated carbocycles. The van der Waals surface area contributed by atoms with Crippen molar-refractivity contribution in [3.63, 3.8) is 0 Å². The number of hydrogen-bond donors (Lipinski definition) is 0. The van der Waals surface area contributed by atoms with E-state index in [1.54, 1.807) is 0 Å². The third-order valence-electron chi connectivity index (χ3n) is 1.50. The molecular formula is C9H9ClO. The van der Waals surface area contributed by atoms with Crippen LogP contribution in [-0.2, 0) is 11.2 Å². The molecule has 0 aromatic heterocycles. The molecule has 1 aromatic carbocycles. The van der Waals surface area contributed by atoms with E-state index in [-0.39, 0.29) is 0 Å². The van der Waals surface area contributed by atoms with Gasteiger partial charge in [-0.1, -0.05) is 29.3 Å². The van der Waals surface area contributed by atoms with Gasteiger partial charge in [-0.3, -0.25) is 0 Å². The summed E-state index contributed by atoms with van der Waals surface area (Å²) in [5.74, 6) is 0. The Hall–Kier alpha value is -0.820. The standard InChI is InChI=1S/C9H9ClO/c1-7-2-3-9(10)8(6-7)4-5-11/h2-3,5-6H,4H2,1H3. The van der Waals surface area contributed by atoms with Crippen LogP contribution in [0, 0.1) is 6.92 Å². The molecule has 0 radical (unpaired) electrons. The monoisotopic (exact) mass is 168 g/mol. The minimum absolute atomic E-state index is 0.403. The van der Waals surface area contributed by atoms with Crippen LogP contribution in [0.3, 0.4) is 0 Å². The molecule has 0 spiro atoms. The van der Waals surface area contributed by atoms with Crippen LogP contribution >= 0.6 is 11.6 Å². The highest BCUT2D eigenvalue weighted by Crippen LogP contribution is 2.16. The summed E-state index contributed by atoms with van der Waals surface area (Å²) in [6.07, 6.45) is 1.27. The van der Waals surface area contributed by atoms with Crippen LogP contribution in [0.5, 0.6) is 0 Å². The average Bonchev–Trinajstić information content (AvgIpc) is 1.98. The molecule has 0 saturated heterocycles. The minimum Gasteiger partial charge on any atom is -0.303 e. The molecule has 0 atom stereocenters. The van der Waals surface area contributed by atoms with Gasteiger partial charge in [0.15, 0.2) is 0 Å². The Labute approximate surface area is 71.0 Å². The lowest BCUT2D eigenvalue weighted by Crippen LogP contribution is -1.87. The van der Waals surface area contributed by atoms with Crippen molar-refractivity contribution in [2.24, 2.45) is 0 Å². The van der Waals surface area contributed by atoms with Crippen molar-refractivity contribution in [2.45, 2.75) is 13.3 Å². The first-order valence-electron chi connectivity index (χ1n) is 3.42. The predicted molar refractivity (Wildman–Crippen MR) is 46.0 cm³/mol. The first-order chi connectivity index (χ1) is 5.24. The van der Waals surface area contributed by atoms with Gasteiger partial charge >= 0.3 is 0 Å². The molecule has 0 aliphatic heterocycles. The molecule has 1 rings (SSSR count). The fourth-order valence-electron chi connectivity index (χ4n) is 0.950. The molecule has 2 heteroatoms. The lowest BCUT2D eigenvalue weighted by Gasteiger charge is -1.99. The maximum Gasteiger partial charge on any atom is 0.124 e. The van der Waals surface area contributed by atoms with Gasteiger partial charge in [-0.25, -0.2) is 0 Å². The Morgan fingerprint density at radius 2 is 2.27 bits per heavy atom. The molecule has 0 amide bonds. The summed E-state index contributed by atoms with van der Waals surface area (Å²) in [6, 6.07) is 5.67. The number of aryl methyl sites for hydroxylation is 1. The Balaban J connectivity index is 3.01. The summed E-state index contributed by atoms with van der Waals surface area (Å²) in [4.78, 5) is 10.2. The lowest BCUT2D eigenvalue weighted by atomic mass is 10.1. The van der Waals surface area contributed by atoms with Gasteiger partial charge < -0.3 is 4.79 Å². The van der Waals surface area contributed by atoms with Crippen molar-refractivity contribution >= 4 is 17.9 Å². The summed E-state index contributed by atoms with van der Waals surface area (Å²) in [7, 11) is 0. The third-order valence-corrected chi connectivity index (χ3v) is 1.87. The molecule has 0 heterocycles. The van der Waals surface area contributed by atoms with Crippen LogP contribution < -0.4 is 0 Å². The zero-order valence-corrected chi connectivity index (χ0v) is 7.06. The maximum atomic E-state index is 10.2. The van der Waals surface area contributed by atoms with Gasteiger partial charge in [-0.2, -0.15) is 0 Å².